The molecule has 0 bridgehead atoms. The lowest BCUT2D eigenvalue weighted by Gasteiger charge is -2.24. The van der Waals surface area contributed by atoms with Gasteiger partial charge in [0.2, 0.25) is 15.9 Å². The number of rotatable bonds is 5. The van der Waals surface area contributed by atoms with Crippen LogP contribution >= 0.6 is 0 Å². The second kappa shape index (κ2) is 7.91. The van der Waals surface area contributed by atoms with Crippen molar-refractivity contribution in [3.8, 4) is 0 Å². The lowest BCUT2D eigenvalue weighted by atomic mass is 9.87. The van der Waals surface area contributed by atoms with Crippen LogP contribution in [0, 0.1) is 0 Å². The van der Waals surface area contributed by atoms with E-state index >= 15 is 0 Å². The molecular formula is C22H33N3O3S. The van der Waals surface area contributed by atoms with E-state index in [4.69, 9.17) is 0 Å². The van der Waals surface area contributed by atoms with Crippen molar-refractivity contribution in [3.05, 3.63) is 23.8 Å². The van der Waals surface area contributed by atoms with Gasteiger partial charge in [-0.2, -0.15) is 0 Å². The fraction of sp³-hybridized carbons (Fsp3) is 0.682. The SMILES string of the molecule is CC1(C)CN(CC(=O)N2CCCC2)c2ccc(S(=O)(=O)NC3CCCCC3)cc21. The zero-order valence-electron chi connectivity index (χ0n) is 17.6. The van der Waals surface area contributed by atoms with Gasteiger partial charge in [0.1, 0.15) is 0 Å². The van der Waals surface area contributed by atoms with Crippen LogP contribution in [0.1, 0.15) is 64.4 Å². The van der Waals surface area contributed by atoms with Gasteiger partial charge in [-0.15, -0.1) is 0 Å². The van der Waals surface area contributed by atoms with Crippen molar-refractivity contribution in [2.24, 2.45) is 0 Å². The van der Waals surface area contributed by atoms with Gasteiger partial charge in [-0.1, -0.05) is 33.1 Å². The molecule has 0 radical (unpaired) electrons. The lowest BCUT2D eigenvalue weighted by molar-refractivity contribution is -0.128. The molecule has 0 atom stereocenters. The molecule has 0 aromatic heterocycles. The fourth-order valence-electron chi connectivity index (χ4n) is 5.03. The topological polar surface area (TPSA) is 69.7 Å². The molecule has 29 heavy (non-hydrogen) atoms. The summed E-state index contributed by atoms with van der Waals surface area (Å²) in [5, 5.41) is 0. The van der Waals surface area contributed by atoms with E-state index in [1.807, 2.05) is 17.0 Å². The molecule has 1 aromatic carbocycles. The third-order valence-corrected chi connectivity index (χ3v) is 8.16. The van der Waals surface area contributed by atoms with E-state index in [0.29, 0.717) is 11.4 Å². The quantitative estimate of drug-likeness (QED) is 0.797. The van der Waals surface area contributed by atoms with E-state index in [-0.39, 0.29) is 17.4 Å². The first-order valence-corrected chi connectivity index (χ1v) is 12.4. The van der Waals surface area contributed by atoms with E-state index < -0.39 is 10.0 Å². The summed E-state index contributed by atoms with van der Waals surface area (Å²) in [5.41, 5.74) is 1.80. The number of fused-ring (bicyclic) bond motifs is 1. The second-order valence-corrected chi connectivity index (χ2v) is 11.2. The molecule has 7 heteroatoms. The maximum atomic E-state index is 13.0. The molecule has 2 aliphatic heterocycles. The molecule has 1 saturated carbocycles. The van der Waals surface area contributed by atoms with Gasteiger partial charge in [0.25, 0.3) is 0 Å². The van der Waals surface area contributed by atoms with Crippen LogP contribution in [-0.2, 0) is 20.2 Å². The van der Waals surface area contributed by atoms with Gasteiger partial charge in [-0.3, -0.25) is 4.79 Å². The summed E-state index contributed by atoms with van der Waals surface area (Å²) in [6.07, 6.45) is 7.38. The van der Waals surface area contributed by atoms with Crippen LogP contribution in [-0.4, -0.2) is 51.4 Å². The molecule has 2 fully saturated rings. The average molecular weight is 420 g/mol. The molecule has 3 aliphatic rings. The molecule has 6 nitrogen and oxygen atoms in total. The molecule has 4 rings (SSSR count). The maximum Gasteiger partial charge on any atom is 0.242 e. The normalized spacial score (nSPS) is 22.1. The van der Waals surface area contributed by atoms with Crippen molar-refractivity contribution < 1.29 is 13.2 Å². The Morgan fingerprint density at radius 2 is 1.79 bits per heavy atom. The highest BCUT2D eigenvalue weighted by molar-refractivity contribution is 7.89. The van der Waals surface area contributed by atoms with Gasteiger partial charge >= 0.3 is 0 Å². The van der Waals surface area contributed by atoms with Crippen LogP contribution in [0.15, 0.2) is 23.1 Å². The number of nitrogens with zero attached hydrogens (tertiary/aromatic N) is 2. The third kappa shape index (κ3) is 4.31. The smallest absolute Gasteiger partial charge is 0.242 e. The first-order chi connectivity index (χ1) is 13.8. The number of nitrogens with one attached hydrogen (secondary N) is 1. The Balaban J connectivity index is 1.54. The maximum absolute atomic E-state index is 13.0. The number of benzene rings is 1. The van der Waals surface area contributed by atoms with Crippen molar-refractivity contribution in [1.29, 1.82) is 0 Å². The summed E-state index contributed by atoms with van der Waals surface area (Å²) in [6, 6.07) is 5.45. The Morgan fingerprint density at radius 1 is 1.10 bits per heavy atom. The Bertz CT molecular complexity index is 869. The van der Waals surface area contributed by atoms with Crippen LogP contribution in [0.5, 0.6) is 0 Å². The number of carbonyl (C=O) groups excluding carboxylic acids is 1. The zero-order chi connectivity index (χ0) is 20.6. The van der Waals surface area contributed by atoms with Gasteiger partial charge in [-0.25, -0.2) is 13.1 Å². The van der Waals surface area contributed by atoms with Crippen LogP contribution in [0.4, 0.5) is 5.69 Å². The van der Waals surface area contributed by atoms with Gasteiger partial charge in [0.05, 0.1) is 11.4 Å². The number of anilines is 1. The minimum Gasteiger partial charge on any atom is -0.361 e. The molecule has 0 unspecified atom stereocenters. The molecule has 1 amide bonds. The van der Waals surface area contributed by atoms with Gasteiger partial charge < -0.3 is 9.80 Å². The van der Waals surface area contributed by atoms with Crippen LogP contribution < -0.4 is 9.62 Å². The predicted octanol–water partition coefficient (Wildman–Crippen LogP) is 3.02. The number of hydrogen-bond donors (Lipinski definition) is 1. The van der Waals surface area contributed by atoms with Crippen LogP contribution in [0.2, 0.25) is 0 Å². The van der Waals surface area contributed by atoms with Crippen molar-refractivity contribution in [3.63, 3.8) is 0 Å². The molecule has 160 valence electrons. The number of amides is 1. The fourth-order valence-corrected chi connectivity index (χ4v) is 6.36. The minimum absolute atomic E-state index is 0.0459. The lowest BCUT2D eigenvalue weighted by Crippen LogP contribution is -2.40. The van der Waals surface area contributed by atoms with Gasteiger partial charge in [0, 0.05) is 36.8 Å². The Kier molecular flexibility index (Phi) is 5.64. The summed E-state index contributed by atoms with van der Waals surface area (Å²) >= 11 is 0. The first kappa shape index (κ1) is 20.7. The molecular weight excluding hydrogens is 386 g/mol. The molecule has 1 aliphatic carbocycles. The summed E-state index contributed by atoms with van der Waals surface area (Å²) in [4.78, 5) is 17.0. The monoisotopic (exact) mass is 419 g/mol. The average Bonchev–Trinajstić information content (AvgIpc) is 3.29. The standard InChI is InChI=1S/C22H33N3O3S/c1-22(2)16-25(15-21(26)24-12-6-7-13-24)20-11-10-18(14-19(20)22)29(27,28)23-17-8-4-3-5-9-17/h10-11,14,17,23H,3-9,12-13,15-16H2,1-2H3. The van der Waals surface area contributed by atoms with Crippen molar-refractivity contribution in [2.45, 2.75) is 75.1 Å². The highest BCUT2D eigenvalue weighted by atomic mass is 32.2. The van der Waals surface area contributed by atoms with Crippen molar-refractivity contribution >= 4 is 21.6 Å². The summed E-state index contributed by atoms with van der Waals surface area (Å²) in [7, 11) is -3.53. The van der Waals surface area contributed by atoms with E-state index in [1.54, 1.807) is 6.07 Å². The third-order valence-electron chi connectivity index (χ3n) is 6.65. The molecule has 2 heterocycles. The second-order valence-electron chi connectivity index (χ2n) is 9.46. The summed E-state index contributed by atoms with van der Waals surface area (Å²) in [6.45, 7) is 7.04. The van der Waals surface area contributed by atoms with E-state index in [0.717, 1.165) is 69.4 Å². The largest absolute Gasteiger partial charge is 0.361 e. The Hall–Kier alpha value is -1.60. The van der Waals surface area contributed by atoms with E-state index in [2.05, 4.69) is 23.5 Å². The van der Waals surface area contributed by atoms with Crippen molar-refractivity contribution in [2.75, 3.05) is 31.1 Å². The first-order valence-electron chi connectivity index (χ1n) is 11.0. The highest BCUT2D eigenvalue weighted by Crippen LogP contribution is 2.41. The molecule has 1 aromatic rings. The van der Waals surface area contributed by atoms with Crippen molar-refractivity contribution in [1.82, 2.24) is 9.62 Å². The summed E-state index contributed by atoms with van der Waals surface area (Å²) < 4.78 is 28.8. The molecule has 1 saturated heterocycles. The minimum atomic E-state index is -3.53. The van der Waals surface area contributed by atoms with Gasteiger partial charge in [0.15, 0.2) is 0 Å². The van der Waals surface area contributed by atoms with Crippen LogP contribution in [0.25, 0.3) is 0 Å². The number of likely N-dealkylation sites (tertiary alicyclic amines) is 1. The molecule has 1 N–H and O–H groups in total. The summed E-state index contributed by atoms with van der Waals surface area (Å²) in [5.74, 6) is 0.168. The Labute approximate surface area is 174 Å². The van der Waals surface area contributed by atoms with E-state index in [9.17, 15) is 13.2 Å². The van der Waals surface area contributed by atoms with Crippen LogP contribution in [0.3, 0.4) is 0 Å². The molecule has 0 spiro atoms. The number of hydrogen-bond acceptors (Lipinski definition) is 4. The number of sulfonamides is 1. The predicted molar refractivity (Wildman–Crippen MR) is 115 cm³/mol. The zero-order valence-corrected chi connectivity index (χ0v) is 18.4. The highest BCUT2D eigenvalue weighted by Gasteiger charge is 2.37. The van der Waals surface area contributed by atoms with Gasteiger partial charge in [-0.05, 0) is 49.4 Å². The Morgan fingerprint density at radius 3 is 2.48 bits per heavy atom. The number of carbonyl (C=O) groups is 1. The van der Waals surface area contributed by atoms with E-state index in [1.165, 1.54) is 6.42 Å².